The summed E-state index contributed by atoms with van der Waals surface area (Å²) < 4.78 is 11.3. The van der Waals surface area contributed by atoms with E-state index in [1.54, 1.807) is 0 Å². The van der Waals surface area contributed by atoms with Gasteiger partial charge >= 0.3 is 0 Å². The van der Waals surface area contributed by atoms with Crippen LogP contribution in [0.2, 0.25) is 0 Å². The maximum atomic E-state index is 6.26. The number of ether oxygens (including phenoxy) is 2. The molecule has 1 fully saturated rings. The van der Waals surface area contributed by atoms with Gasteiger partial charge in [-0.15, -0.1) is 11.6 Å². The van der Waals surface area contributed by atoms with Gasteiger partial charge in [0.15, 0.2) is 11.5 Å². The lowest BCUT2D eigenvalue weighted by Gasteiger charge is -2.12. The van der Waals surface area contributed by atoms with Crippen molar-refractivity contribution in [3.8, 4) is 11.5 Å². The Morgan fingerprint density at radius 1 is 1.22 bits per heavy atom. The van der Waals surface area contributed by atoms with Crippen LogP contribution in [0.25, 0.3) is 0 Å². The molecule has 1 aromatic carbocycles. The van der Waals surface area contributed by atoms with Crippen molar-refractivity contribution in [2.24, 2.45) is 5.92 Å². The second-order valence-electron chi connectivity index (χ2n) is 4.72. The summed E-state index contributed by atoms with van der Waals surface area (Å²) in [5.74, 6) is 2.42. The van der Waals surface area contributed by atoms with Crippen LogP contribution in [-0.2, 0) is 0 Å². The minimum atomic E-state index is 0.343. The Kier molecular flexibility index (Phi) is 5.18. The molecule has 0 N–H and O–H groups in total. The van der Waals surface area contributed by atoms with Gasteiger partial charge in [0.1, 0.15) is 0 Å². The van der Waals surface area contributed by atoms with Gasteiger partial charge in [0.05, 0.1) is 13.2 Å². The van der Waals surface area contributed by atoms with E-state index < -0.39 is 0 Å². The average molecular weight is 269 g/mol. The van der Waals surface area contributed by atoms with Gasteiger partial charge < -0.3 is 9.47 Å². The van der Waals surface area contributed by atoms with E-state index in [2.05, 4.69) is 0 Å². The number of alkyl halides is 1. The maximum absolute atomic E-state index is 6.26. The first-order chi connectivity index (χ1) is 8.81. The molecule has 1 aliphatic rings. The second-order valence-corrected chi connectivity index (χ2v) is 5.28. The van der Waals surface area contributed by atoms with Crippen LogP contribution in [-0.4, -0.2) is 18.6 Å². The molecule has 3 heteroatoms. The molecule has 0 heterocycles. The Labute approximate surface area is 114 Å². The minimum Gasteiger partial charge on any atom is -0.490 e. The Hall–Kier alpha value is -0.890. The first-order valence-electron chi connectivity index (χ1n) is 6.80. The lowest BCUT2D eigenvalue weighted by Crippen LogP contribution is -2.06. The van der Waals surface area contributed by atoms with Gasteiger partial charge in [0.25, 0.3) is 0 Å². The normalized spacial score (nSPS) is 16.3. The number of benzene rings is 1. The molecule has 1 saturated carbocycles. The van der Waals surface area contributed by atoms with E-state index in [0.717, 1.165) is 30.3 Å². The molecule has 0 spiro atoms. The molecule has 0 bridgehead atoms. The van der Waals surface area contributed by atoms with Crippen molar-refractivity contribution in [3.63, 3.8) is 0 Å². The van der Waals surface area contributed by atoms with Gasteiger partial charge in [-0.1, -0.05) is 12.1 Å². The van der Waals surface area contributed by atoms with Gasteiger partial charge in [-0.2, -0.15) is 0 Å². The van der Waals surface area contributed by atoms with E-state index in [1.165, 1.54) is 12.8 Å². The zero-order valence-corrected chi connectivity index (χ0v) is 11.7. The fourth-order valence-electron chi connectivity index (χ4n) is 2.00. The predicted octanol–water partition coefficient (Wildman–Crippen LogP) is 4.26. The predicted molar refractivity (Wildman–Crippen MR) is 74.7 cm³/mol. The molecule has 1 aliphatic carbocycles. The van der Waals surface area contributed by atoms with Crippen molar-refractivity contribution in [3.05, 3.63) is 24.3 Å². The molecule has 1 aromatic rings. The van der Waals surface area contributed by atoms with Crippen molar-refractivity contribution >= 4 is 11.6 Å². The van der Waals surface area contributed by atoms with Gasteiger partial charge in [-0.25, -0.2) is 0 Å². The summed E-state index contributed by atoms with van der Waals surface area (Å²) >= 11 is 6.26. The Balaban J connectivity index is 1.71. The molecule has 1 unspecified atom stereocenters. The Bertz CT molecular complexity index is 363. The molecule has 2 rings (SSSR count). The summed E-state index contributed by atoms with van der Waals surface area (Å²) in [6.07, 6.45) is 4.67. The van der Waals surface area contributed by atoms with Gasteiger partial charge in [-0.05, 0) is 50.7 Å². The maximum Gasteiger partial charge on any atom is 0.161 e. The van der Waals surface area contributed by atoms with E-state index >= 15 is 0 Å². The molecule has 100 valence electrons. The molecule has 0 aliphatic heterocycles. The monoisotopic (exact) mass is 268 g/mol. The summed E-state index contributed by atoms with van der Waals surface area (Å²) in [4.78, 5) is 0. The van der Waals surface area contributed by atoms with E-state index in [0.29, 0.717) is 18.6 Å². The van der Waals surface area contributed by atoms with E-state index in [9.17, 15) is 0 Å². The molecule has 0 amide bonds. The highest BCUT2D eigenvalue weighted by Gasteiger charge is 2.28. The Morgan fingerprint density at radius 2 is 1.89 bits per heavy atom. The molecular weight excluding hydrogens is 248 g/mol. The van der Waals surface area contributed by atoms with Crippen LogP contribution in [0.5, 0.6) is 11.5 Å². The lowest BCUT2D eigenvalue weighted by atomic mass is 10.2. The van der Waals surface area contributed by atoms with Gasteiger partial charge in [0.2, 0.25) is 0 Å². The van der Waals surface area contributed by atoms with Crippen molar-refractivity contribution in [2.75, 3.05) is 13.2 Å². The highest BCUT2D eigenvalue weighted by Crippen LogP contribution is 2.37. The van der Waals surface area contributed by atoms with Crippen LogP contribution < -0.4 is 9.47 Å². The smallest absolute Gasteiger partial charge is 0.161 e. The molecule has 0 radical (unpaired) electrons. The summed E-state index contributed by atoms with van der Waals surface area (Å²) in [5, 5.41) is 0.343. The molecule has 0 saturated heterocycles. The van der Waals surface area contributed by atoms with Crippen LogP contribution >= 0.6 is 11.6 Å². The first-order valence-corrected chi connectivity index (χ1v) is 7.23. The topological polar surface area (TPSA) is 18.5 Å². The molecule has 0 aromatic heterocycles. The second kappa shape index (κ2) is 6.89. The number of hydrogen-bond acceptors (Lipinski definition) is 2. The number of halogens is 1. The third-order valence-corrected chi connectivity index (χ3v) is 3.74. The fourth-order valence-corrected chi connectivity index (χ4v) is 2.40. The zero-order chi connectivity index (χ0) is 12.8. The molecule has 18 heavy (non-hydrogen) atoms. The van der Waals surface area contributed by atoms with E-state index in [1.807, 2.05) is 31.2 Å². The van der Waals surface area contributed by atoms with Crippen LogP contribution in [0, 0.1) is 5.92 Å². The summed E-state index contributed by atoms with van der Waals surface area (Å²) in [6, 6.07) is 7.81. The van der Waals surface area contributed by atoms with Gasteiger partial charge in [-0.3, -0.25) is 0 Å². The summed E-state index contributed by atoms with van der Waals surface area (Å²) in [5.41, 5.74) is 0. The van der Waals surface area contributed by atoms with E-state index in [4.69, 9.17) is 21.1 Å². The van der Waals surface area contributed by atoms with Crippen molar-refractivity contribution in [1.29, 1.82) is 0 Å². The SMILES string of the molecule is CCOc1ccccc1OCCCC(Cl)C1CC1. The van der Waals surface area contributed by atoms with Crippen LogP contribution in [0.4, 0.5) is 0 Å². The molecular formula is C15H21ClO2. The number of para-hydroxylation sites is 2. The standard InChI is InChI=1S/C15H21ClO2/c1-2-17-14-7-3-4-8-15(14)18-11-5-6-13(16)12-9-10-12/h3-4,7-8,12-13H,2,5-6,9-11H2,1H3. The highest BCUT2D eigenvalue weighted by atomic mass is 35.5. The van der Waals surface area contributed by atoms with Gasteiger partial charge in [0, 0.05) is 5.38 Å². The largest absolute Gasteiger partial charge is 0.490 e. The van der Waals surface area contributed by atoms with E-state index in [-0.39, 0.29) is 0 Å². The highest BCUT2D eigenvalue weighted by molar-refractivity contribution is 6.20. The van der Waals surface area contributed by atoms with Crippen molar-refractivity contribution in [2.45, 2.75) is 38.0 Å². The molecule has 2 nitrogen and oxygen atoms in total. The first kappa shape index (κ1) is 13.5. The summed E-state index contributed by atoms with van der Waals surface area (Å²) in [7, 11) is 0. The van der Waals surface area contributed by atoms with Crippen molar-refractivity contribution in [1.82, 2.24) is 0 Å². The van der Waals surface area contributed by atoms with Crippen molar-refractivity contribution < 1.29 is 9.47 Å². The molecule has 1 atom stereocenters. The van der Waals surface area contributed by atoms with Crippen LogP contribution in [0.3, 0.4) is 0 Å². The fraction of sp³-hybridized carbons (Fsp3) is 0.600. The lowest BCUT2D eigenvalue weighted by molar-refractivity contribution is 0.270. The quantitative estimate of drug-likeness (QED) is 0.518. The zero-order valence-electron chi connectivity index (χ0n) is 10.9. The average Bonchev–Trinajstić information content (AvgIpc) is 3.21. The third kappa shape index (κ3) is 4.09. The van der Waals surface area contributed by atoms with Crippen LogP contribution in [0.1, 0.15) is 32.6 Å². The summed E-state index contributed by atoms with van der Waals surface area (Å²) in [6.45, 7) is 3.34. The minimum absolute atomic E-state index is 0.343. The number of hydrogen-bond donors (Lipinski definition) is 0. The number of rotatable bonds is 8. The van der Waals surface area contributed by atoms with Crippen LogP contribution in [0.15, 0.2) is 24.3 Å². The Morgan fingerprint density at radius 3 is 2.50 bits per heavy atom. The third-order valence-electron chi connectivity index (χ3n) is 3.16.